The summed E-state index contributed by atoms with van der Waals surface area (Å²) in [6.07, 6.45) is 1.64. The third-order valence-corrected chi connectivity index (χ3v) is 6.07. The standard InChI is InChI=1S/C26H37N5O4/c1-6-11-31-21(17-29-12-14-30(15-13-29)25(33)27-18(3)4)22(24(32)35-7-2)23(28-26(31)34)20-10-8-9-19(5)16-20/h6,8-10,16,18,23H,1,7,11-15,17H2,2-5H3,(H,27,33)(H,28,34)/t23-/m1/s1. The van der Waals surface area contributed by atoms with Gasteiger partial charge in [-0.05, 0) is 33.3 Å². The molecule has 2 aliphatic rings. The van der Waals surface area contributed by atoms with E-state index >= 15 is 0 Å². The number of urea groups is 2. The Morgan fingerprint density at radius 3 is 2.57 bits per heavy atom. The van der Waals surface area contributed by atoms with E-state index in [1.807, 2.05) is 45.0 Å². The molecule has 0 saturated carbocycles. The summed E-state index contributed by atoms with van der Waals surface area (Å²) in [7, 11) is 0. The van der Waals surface area contributed by atoms with Gasteiger partial charge in [-0.25, -0.2) is 14.4 Å². The number of hydrogen-bond donors (Lipinski definition) is 2. The summed E-state index contributed by atoms with van der Waals surface area (Å²) in [5, 5.41) is 5.92. The first kappa shape index (κ1) is 26.3. The molecule has 1 atom stereocenters. The van der Waals surface area contributed by atoms with Crippen molar-refractivity contribution in [2.45, 2.75) is 39.8 Å². The molecule has 35 heavy (non-hydrogen) atoms. The van der Waals surface area contributed by atoms with Gasteiger partial charge in [-0.3, -0.25) is 9.80 Å². The SMILES string of the molecule is C=CCN1C(=O)N[C@H](c2cccc(C)c2)C(C(=O)OCC)=C1CN1CCN(C(=O)NC(C)C)CC1. The van der Waals surface area contributed by atoms with Crippen molar-refractivity contribution in [3.05, 3.63) is 59.3 Å². The molecular weight excluding hydrogens is 446 g/mol. The Balaban J connectivity index is 1.94. The Morgan fingerprint density at radius 1 is 1.26 bits per heavy atom. The van der Waals surface area contributed by atoms with Crippen LogP contribution in [0.25, 0.3) is 0 Å². The van der Waals surface area contributed by atoms with Gasteiger partial charge in [-0.15, -0.1) is 6.58 Å². The van der Waals surface area contributed by atoms with Crippen LogP contribution in [-0.4, -0.2) is 84.6 Å². The van der Waals surface area contributed by atoms with Crippen LogP contribution in [0.15, 0.2) is 48.2 Å². The maximum atomic E-state index is 13.3. The lowest BCUT2D eigenvalue weighted by Crippen LogP contribution is -2.55. The number of amides is 4. The summed E-state index contributed by atoms with van der Waals surface area (Å²) < 4.78 is 5.45. The molecule has 190 valence electrons. The molecule has 0 spiro atoms. The molecule has 9 nitrogen and oxygen atoms in total. The van der Waals surface area contributed by atoms with Gasteiger partial charge in [0.25, 0.3) is 0 Å². The first-order chi connectivity index (χ1) is 16.7. The second-order valence-electron chi connectivity index (χ2n) is 9.14. The number of hydrogen-bond acceptors (Lipinski definition) is 5. The number of aryl methyl sites for hydroxylation is 1. The summed E-state index contributed by atoms with van der Waals surface area (Å²) in [4.78, 5) is 44.3. The van der Waals surface area contributed by atoms with Crippen molar-refractivity contribution in [3.63, 3.8) is 0 Å². The Kier molecular flexibility index (Phi) is 8.92. The Hall–Kier alpha value is -3.33. The number of piperazine rings is 1. The summed E-state index contributed by atoms with van der Waals surface area (Å²) in [5.41, 5.74) is 2.90. The predicted molar refractivity (Wildman–Crippen MR) is 135 cm³/mol. The zero-order valence-corrected chi connectivity index (χ0v) is 21.2. The van der Waals surface area contributed by atoms with Gasteiger partial charge in [-0.1, -0.05) is 35.9 Å². The highest BCUT2D eigenvalue weighted by atomic mass is 16.5. The highest BCUT2D eigenvalue weighted by molar-refractivity contribution is 5.95. The van der Waals surface area contributed by atoms with E-state index in [-0.39, 0.29) is 31.3 Å². The molecule has 0 unspecified atom stereocenters. The lowest BCUT2D eigenvalue weighted by molar-refractivity contribution is -0.139. The number of rotatable bonds is 8. The fraction of sp³-hybridized carbons (Fsp3) is 0.500. The monoisotopic (exact) mass is 483 g/mol. The molecule has 1 saturated heterocycles. The van der Waals surface area contributed by atoms with Crippen LogP contribution in [0.4, 0.5) is 9.59 Å². The van der Waals surface area contributed by atoms with Crippen molar-refractivity contribution in [1.29, 1.82) is 0 Å². The van der Waals surface area contributed by atoms with Crippen LogP contribution < -0.4 is 10.6 Å². The molecule has 0 aromatic heterocycles. The molecular formula is C26H37N5O4. The third kappa shape index (κ3) is 6.42. The quantitative estimate of drug-likeness (QED) is 0.438. The molecule has 2 heterocycles. The van der Waals surface area contributed by atoms with Gasteiger partial charge in [0.05, 0.1) is 18.2 Å². The average Bonchev–Trinajstić information content (AvgIpc) is 2.81. The second-order valence-corrected chi connectivity index (χ2v) is 9.14. The van der Waals surface area contributed by atoms with Crippen LogP contribution >= 0.6 is 0 Å². The first-order valence-electron chi connectivity index (χ1n) is 12.2. The molecule has 0 aliphatic carbocycles. The van der Waals surface area contributed by atoms with Gasteiger partial charge >= 0.3 is 18.0 Å². The van der Waals surface area contributed by atoms with Gasteiger partial charge in [0.15, 0.2) is 0 Å². The molecule has 2 N–H and O–H groups in total. The van der Waals surface area contributed by atoms with Crippen LogP contribution in [-0.2, 0) is 9.53 Å². The predicted octanol–water partition coefficient (Wildman–Crippen LogP) is 2.80. The first-order valence-corrected chi connectivity index (χ1v) is 12.2. The Labute approximate surface area is 207 Å². The molecule has 3 rings (SSSR count). The normalized spacial score (nSPS) is 19.0. The van der Waals surface area contributed by atoms with Crippen molar-refractivity contribution in [3.8, 4) is 0 Å². The van der Waals surface area contributed by atoms with E-state index < -0.39 is 12.0 Å². The van der Waals surface area contributed by atoms with Gasteiger partial charge in [0, 0.05) is 51.0 Å². The number of benzene rings is 1. The van der Waals surface area contributed by atoms with Crippen LogP contribution in [0.3, 0.4) is 0 Å². The van der Waals surface area contributed by atoms with Crippen molar-refractivity contribution in [2.24, 2.45) is 0 Å². The number of ether oxygens (including phenoxy) is 1. The van der Waals surface area contributed by atoms with E-state index in [0.29, 0.717) is 44.0 Å². The van der Waals surface area contributed by atoms with E-state index in [9.17, 15) is 14.4 Å². The van der Waals surface area contributed by atoms with Gasteiger partial charge in [0.1, 0.15) is 0 Å². The smallest absolute Gasteiger partial charge is 0.338 e. The summed E-state index contributed by atoms with van der Waals surface area (Å²) in [6.45, 7) is 14.7. The Morgan fingerprint density at radius 2 is 1.97 bits per heavy atom. The van der Waals surface area contributed by atoms with E-state index in [2.05, 4.69) is 22.1 Å². The van der Waals surface area contributed by atoms with Crippen molar-refractivity contribution >= 4 is 18.0 Å². The molecule has 2 aliphatic heterocycles. The van der Waals surface area contributed by atoms with Gasteiger partial charge < -0.3 is 20.3 Å². The number of carbonyl (C=O) groups is 3. The zero-order chi connectivity index (χ0) is 25.5. The number of esters is 1. The highest BCUT2D eigenvalue weighted by Gasteiger charge is 2.38. The lowest BCUT2D eigenvalue weighted by atomic mass is 9.93. The summed E-state index contributed by atoms with van der Waals surface area (Å²) in [6, 6.07) is 6.87. The van der Waals surface area contributed by atoms with Crippen molar-refractivity contribution in [1.82, 2.24) is 25.3 Å². The largest absolute Gasteiger partial charge is 0.463 e. The minimum Gasteiger partial charge on any atom is -0.463 e. The number of carbonyl (C=O) groups excluding carboxylic acids is 3. The zero-order valence-electron chi connectivity index (χ0n) is 21.2. The Bertz CT molecular complexity index is 982. The fourth-order valence-corrected chi connectivity index (χ4v) is 4.40. The molecule has 1 fully saturated rings. The maximum absolute atomic E-state index is 13.3. The third-order valence-electron chi connectivity index (χ3n) is 6.07. The van der Waals surface area contributed by atoms with Crippen molar-refractivity contribution in [2.75, 3.05) is 45.9 Å². The molecule has 1 aromatic rings. The minimum absolute atomic E-state index is 0.0732. The fourth-order valence-electron chi connectivity index (χ4n) is 4.40. The summed E-state index contributed by atoms with van der Waals surface area (Å²) in [5.74, 6) is -0.446. The van der Waals surface area contributed by atoms with Crippen LogP contribution in [0.5, 0.6) is 0 Å². The van der Waals surface area contributed by atoms with Gasteiger partial charge in [0.2, 0.25) is 0 Å². The number of nitrogens with one attached hydrogen (secondary N) is 2. The maximum Gasteiger partial charge on any atom is 0.338 e. The molecule has 0 radical (unpaired) electrons. The minimum atomic E-state index is -0.615. The van der Waals surface area contributed by atoms with Crippen molar-refractivity contribution < 1.29 is 19.1 Å². The molecule has 1 aromatic carbocycles. The molecule has 9 heteroatoms. The van der Waals surface area contributed by atoms with Crippen LogP contribution in [0.1, 0.15) is 37.9 Å². The lowest BCUT2D eigenvalue weighted by Gasteiger charge is -2.40. The van der Waals surface area contributed by atoms with E-state index in [4.69, 9.17) is 4.74 Å². The van der Waals surface area contributed by atoms with E-state index in [1.54, 1.807) is 22.8 Å². The van der Waals surface area contributed by atoms with Crippen LogP contribution in [0.2, 0.25) is 0 Å². The molecule has 0 bridgehead atoms. The average molecular weight is 484 g/mol. The molecule has 4 amide bonds. The topological polar surface area (TPSA) is 94.2 Å². The second kappa shape index (κ2) is 11.9. The highest BCUT2D eigenvalue weighted by Crippen LogP contribution is 2.32. The van der Waals surface area contributed by atoms with E-state index in [0.717, 1.165) is 11.1 Å². The van der Waals surface area contributed by atoms with E-state index in [1.165, 1.54) is 0 Å². The number of nitrogens with zero attached hydrogens (tertiary/aromatic N) is 3. The van der Waals surface area contributed by atoms with Crippen LogP contribution in [0, 0.1) is 6.92 Å². The van der Waals surface area contributed by atoms with Gasteiger partial charge in [-0.2, -0.15) is 0 Å². The summed E-state index contributed by atoms with van der Waals surface area (Å²) >= 11 is 0.